The number of aromatic nitrogens is 1. The Morgan fingerprint density at radius 3 is 2.55 bits per heavy atom. The Labute approximate surface area is 124 Å². The van der Waals surface area contributed by atoms with Crippen LogP contribution in [0.3, 0.4) is 0 Å². The fourth-order valence-corrected chi connectivity index (χ4v) is 2.44. The molecule has 106 valence electrons. The number of hydrogen-bond acceptors (Lipinski definition) is 2. The molecule has 4 heteroatoms. The van der Waals surface area contributed by atoms with Gasteiger partial charge >= 0.3 is 0 Å². The molecule has 0 saturated heterocycles. The van der Waals surface area contributed by atoms with Crippen LogP contribution in [0, 0.1) is 0 Å². The van der Waals surface area contributed by atoms with Gasteiger partial charge in [0.15, 0.2) is 5.78 Å². The summed E-state index contributed by atoms with van der Waals surface area (Å²) >= 11 is 5.93. The second-order valence-corrected chi connectivity index (χ2v) is 5.22. The van der Waals surface area contributed by atoms with Crippen molar-refractivity contribution in [2.75, 3.05) is 13.6 Å². The maximum absolute atomic E-state index is 11.7. The smallest absolute Gasteiger partial charge is 0.161 e. The molecule has 0 fully saturated rings. The van der Waals surface area contributed by atoms with Crippen LogP contribution in [0.2, 0.25) is 5.02 Å². The van der Waals surface area contributed by atoms with Gasteiger partial charge < -0.3 is 9.88 Å². The van der Waals surface area contributed by atoms with Gasteiger partial charge in [-0.05, 0) is 63.7 Å². The Bertz CT molecular complexity index is 587. The molecule has 0 aliphatic heterocycles. The zero-order chi connectivity index (χ0) is 14.5. The summed E-state index contributed by atoms with van der Waals surface area (Å²) < 4.78 is 2.07. The Balaban J connectivity index is 2.36. The highest BCUT2D eigenvalue weighted by Crippen LogP contribution is 2.21. The van der Waals surface area contributed by atoms with Crippen LogP contribution in [-0.4, -0.2) is 23.9 Å². The maximum atomic E-state index is 11.7. The molecule has 0 unspecified atom stereocenters. The minimum atomic E-state index is 0.108. The van der Waals surface area contributed by atoms with Crippen molar-refractivity contribution >= 4 is 17.4 Å². The van der Waals surface area contributed by atoms with Crippen LogP contribution in [0.1, 0.15) is 29.4 Å². The first-order valence-corrected chi connectivity index (χ1v) is 7.13. The number of carbonyl (C=O) groups is 1. The van der Waals surface area contributed by atoms with E-state index in [0.717, 1.165) is 36.3 Å². The molecule has 0 spiro atoms. The topological polar surface area (TPSA) is 34.0 Å². The molecular formula is C16H19ClN2O. The van der Waals surface area contributed by atoms with Crippen LogP contribution in [0.5, 0.6) is 0 Å². The number of carbonyl (C=O) groups excluding carboxylic acids is 1. The van der Waals surface area contributed by atoms with Crippen LogP contribution in [0.15, 0.2) is 36.5 Å². The Morgan fingerprint density at radius 2 is 1.95 bits per heavy atom. The van der Waals surface area contributed by atoms with Gasteiger partial charge in [-0.3, -0.25) is 4.79 Å². The fourth-order valence-electron chi connectivity index (χ4n) is 2.32. The van der Waals surface area contributed by atoms with Crippen molar-refractivity contribution in [3.63, 3.8) is 0 Å². The standard InChI is InChI=1S/C16H19ClN2O/c1-12(20)15-9-11-19(16(15)4-3-10-18-2)14-7-5-13(17)6-8-14/h5-9,11,18H,3-4,10H2,1-2H3. The third-order valence-electron chi connectivity index (χ3n) is 3.32. The fraction of sp³-hybridized carbons (Fsp3) is 0.312. The predicted octanol–water partition coefficient (Wildman–Crippen LogP) is 3.49. The van der Waals surface area contributed by atoms with Crippen molar-refractivity contribution in [2.45, 2.75) is 19.8 Å². The second-order valence-electron chi connectivity index (χ2n) is 4.79. The van der Waals surface area contributed by atoms with Gasteiger partial charge in [0.2, 0.25) is 0 Å². The summed E-state index contributed by atoms with van der Waals surface area (Å²) in [5, 5.41) is 3.85. The van der Waals surface area contributed by atoms with Gasteiger partial charge in [-0.2, -0.15) is 0 Å². The molecular weight excluding hydrogens is 272 g/mol. The zero-order valence-electron chi connectivity index (χ0n) is 11.8. The maximum Gasteiger partial charge on any atom is 0.161 e. The molecule has 3 nitrogen and oxygen atoms in total. The predicted molar refractivity (Wildman–Crippen MR) is 83.0 cm³/mol. The molecule has 1 heterocycles. The monoisotopic (exact) mass is 290 g/mol. The average Bonchev–Trinajstić information content (AvgIpc) is 2.84. The van der Waals surface area contributed by atoms with Crippen LogP contribution >= 0.6 is 11.6 Å². The lowest BCUT2D eigenvalue weighted by atomic mass is 10.1. The average molecular weight is 291 g/mol. The lowest BCUT2D eigenvalue weighted by Crippen LogP contribution is -2.11. The SMILES string of the molecule is CNCCCc1c(C(C)=O)ccn1-c1ccc(Cl)cc1. The highest BCUT2D eigenvalue weighted by molar-refractivity contribution is 6.30. The lowest BCUT2D eigenvalue weighted by molar-refractivity contribution is 0.101. The molecule has 0 bridgehead atoms. The molecule has 1 aromatic heterocycles. The van der Waals surface area contributed by atoms with Gasteiger partial charge in [0, 0.05) is 28.2 Å². The van der Waals surface area contributed by atoms with E-state index in [1.807, 2.05) is 43.6 Å². The van der Waals surface area contributed by atoms with E-state index in [4.69, 9.17) is 11.6 Å². The minimum Gasteiger partial charge on any atom is -0.320 e. The van der Waals surface area contributed by atoms with Gasteiger partial charge in [-0.25, -0.2) is 0 Å². The van der Waals surface area contributed by atoms with E-state index >= 15 is 0 Å². The van der Waals surface area contributed by atoms with E-state index in [1.54, 1.807) is 6.92 Å². The van der Waals surface area contributed by atoms with Crippen molar-refractivity contribution in [3.8, 4) is 5.69 Å². The number of hydrogen-bond donors (Lipinski definition) is 1. The first-order chi connectivity index (χ1) is 9.63. The van der Waals surface area contributed by atoms with Gasteiger partial charge in [0.05, 0.1) is 0 Å². The van der Waals surface area contributed by atoms with Gasteiger partial charge in [-0.1, -0.05) is 11.6 Å². The molecule has 0 radical (unpaired) electrons. The molecule has 2 rings (SSSR count). The van der Waals surface area contributed by atoms with Crippen molar-refractivity contribution in [1.29, 1.82) is 0 Å². The summed E-state index contributed by atoms with van der Waals surface area (Å²) in [6.45, 7) is 2.55. The number of nitrogens with zero attached hydrogens (tertiary/aromatic N) is 1. The van der Waals surface area contributed by atoms with Crippen molar-refractivity contribution in [1.82, 2.24) is 9.88 Å². The number of benzene rings is 1. The Kier molecular flexibility index (Phi) is 4.99. The number of ketones is 1. The lowest BCUT2D eigenvalue weighted by Gasteiger charge is -2.11. The summed E-state index contributed by atoms with van der Waals surface area (Å²) in [6.07, 6.45) is 3.81. The van der Waals surface area contributed by atoms with E-state index in [-0.39, 0.29) is 5.78 Å². The summed E-state index contributed by atoms with van der Waals surface area (Å²) in [5.41, 5.74) is 2.90. The first-order valence-electron chi connectivity index (χ1n) is 6.75. The van der Waals surface area contributed by atoms with Crippen molar-refractivity contribution < 1.29 is 4.79 Å². The van der Waals surface area contributed by atoms with Crippen molar-refractivity contribution in [2.24, 2.45) is 0 Å². The first kappa shape index (κ1) is 14.8. The van der Waals surface area contributed by atoms with E-state index in [2.05, 4.69) is 9.88 Å². The molecule has 1 N–H and O–H groups in total. The molecule has 2 aromatic rings. The van der Waals surface area contributed by atoms with Crippen molar-refractivity contribution in [3.05, 3.63) is 52.8 Å². The summed E-state index contributed by atoms with van der Waals surface area (Å²) in [7, 11) is 1.93. The minimum absolute atomic E-state index is 0.108. The van der Waals surface area contributed by atoms with E-state index in [1.165, 1.54) is 0 Å². The van der Waals surface area contributed by atoms with Gasteiger partial charge in [0.1, 0.15) is 0 Å². The number of Topliss-reactive ketones (excluding diaryl/α,β-unsaturated/α-hetero) is 1. The summed E-state index contributed by atoms with van der Waals surface area (Å²) in [6, 6.07) is 9.55. The van der Waals surface area contributed by atoms with Crippen LogP contribution in [0.4, 0.5) is 0 Å². The quantitative estimate of drug-likeness (QED) is 0.653. The largest absolute Gasteiger partial charge is 0.320 e. The second kappa shape index (κ2) is 6.73. The molecule has 0 saturated carbocycles. The molecule has 0 amide bonds. The van der Waals surface area contributed by atoms with Gasteiger partial charge in [0.25, 0.3) is 0 Å². The zero-order valence-corrected chi connectivity index (χ0v) is 12.6. The summed E-state index contributed by atoms with van der Waals surface area (Å²) in [5.74, 6) is 0.108. The van der Waals surface area contributed by atoms with E-state index in [9.17, 15) is 4.79 Å². The summed E-state index contributed by atoms with van der Waals surface area (Å²) in [4.78, 5) is 11.7. The highest BCUT2D eigenvalue weighted by Gasteiger charge is 2.13. The Morgan fingerprint density at radius 1 is 1.25 bits per heavy atom. The third kappa shape index (κ3) is 3.30. The van der Waals surface area contributed by atoms with Crippen LogP contribution < -0.4 is 5.32 Å². The normalized spacial score (nSPS) is 10.8. The molecule has 0 aliphatic carbocycles. The number of rotatable bonds is 6. The third-order valence-corrected chi connectivity index (χ3v) is 3.57. The van der Waals surface area contributed by atoms with E-state index < -0.39 is 0 Å². The number of halogens is 1. The molecule has 20 heavy (non-hydrogen) atoms. The molecule has 0 aliphatic rings. The van der Waals surface area contributed by atoms with E-state index in [0.29, 0.717) is 5.02 Å². The highest BCUT2D eigenvalue weighted by atomic mass is 35.5. The van der Waals surface area contributed by atoms with Gasteiger partial charge in [-0.15, -0.1) is 0 Å². The number of nitrogens with one attached hydrogen (secondary N) is 1. The van der Waals surface area contributed by atoms with Crippen LogP contribution in [0.25, 0.3) is 5.69 Å². The van der Waals surface area contributed by atoms with Crippen LogP contribution in [-0.2, 0) is 6.42 Å². The molecule has 0 atom stereocenters. The molecule has 1 aromatic carbocycles. The Hall–Kier alpha value is -1.58.